The summed E-state index contributed by atoms with van der Waals surface area (Å²) in [7, 11) is 4.39. The molecule has 3 rings (SSSR count). The summed E-state index contributed by atoms with van der Waals surface area (Å²) >= 11 is 0. The van der Waals surface area contributed by atoms with Crippen molar-refractivity contribution in [3.05, 3.63) is 107 Å². The molecule has 0 N–H and O–H groups in total. The van der Waals surface area contributed by atoms with Crippen molar-refractivity contribution in [2.75, 3.05) is 54.4 Å². The molecule has 0 spiro atoms. The Morgan fingerprint density at radius 3 is 1.78 bits per heavy atom. The topological polar surface area (TPSA) is 161 Å². The lowest BCUT2D eigenvalue weighted by atomic mass is 9.96. The maximum Gasteiger partial charge on any atom is 0.365 e. The molecular formula is C59H82O14. The molecule has 0 bridgehead atoms. The van der Waals surface area contributed by atoms with Gasteiger partial charge in [-0.05, 0) is 123 Å². The van der Waals surface area contributed by atoms with E-state index < -0.39 is 11.9 Å². The number of hydrogen-bond acceptors (Lipinski definition) is 14. The van der Waals surface area contributed by atoms with Gasteiger partial charge in [-0.1, -0.05) is 121 Å². The molecule has 0 unspecified atom stereocenters. The molecule has 0 saturated heterocycles. The predicted molar refractivity (Wildman–Crippen MR) is 283 cm³/mol. The fourth-order valence-electron chi connectivity index (χ4n) is 7.63. The number of hydrogen-bond donors (Lipinski definition) is 0. The van der Waals surface area contributed by atoms with Crippen molar-refractivity contribution in [2.24, 2.45) is 0 Å². The molecule has 0 saturated carbocycles. The SMILES string of the molecule is C=C(C)C(=O)OCCCCCCCCCCCOC(=O)c1cc(CCCCCCOOc2ccc(C(=C)C(=O)OC)cc2OC)ccc1CCCCCCOOC(=O)C=Cc1ccc(OCCCC)c(OC)c1. The van der Waals surface area contributed by atoms with E-state index in [-0.39, 0.29) is 24.1 Å². The Balaban J connectivity index is 1.41. The van der Waals surface area contributed by atoms with E-state index in [1.54, 1.807) is 44.4 Å². The van der Waals surface area contributed by atoms with Crippen molar-refractivity contribution >= 4 is 35.5 Å². The van der Waals surface area contributed by atoms with E-state index in [0.29, 0.717) is 72.5 Å². The molecule has 402 valence electrons. The largest absolute Gasteiger partial charge is 0.493 e. The minimum Gasteiger partial charge on any atom is -0.493 e. The van der Waals surface area contributed by atoms with Crippen molar-refractivity contribution in [2.45, 2.75) is 149 Å². The predicted octanol–water partition coefficient (Wildman–Crippen LogP) is 13.3. The second-order valence-electron chi connectivity index (χ2n) is 18.0. The molecule has 0 aliphatic carbocycles. The Morgan fingerprint density at radius 1 is 0.548 bits per heavy atom. The summed E-state index contributed by atoms with van der Waals surface area (Å²) < 4.78 is 32.4. The maximum absolute atomic E-state index is 13.6. The van der Waals surface area contributed by atoms with E-state index in [0.717, 1.165) is 145 Å². The Kier molecular flexibility index (Phi) is 31.5. The average Bonchev–Trinajstić information content (AvgIpc) is 3.40. The van der Waals surface area contributed by atoms with Crippen LogP contribution in [0.3, 0.4) is 0 Å². The lowest BCUT2D eigenvalue weighted by Crippen LogP contribution is -2.10. The highest BCUT2D eigenvalue weighted by Gasteiger charge is 2.16. The standard InChI is InChI=1S/C59H82O14/c1-8-9-37-67-52-34-30-48(43-54(52)64-5)31-36-56(60)73-71-41-26-20-16-22-28-49-32-29-47(27-21-15-19-25-40-70-72-53-35-33-50(44-55(53)65-6)46(4)58(62)66-7)42-51(49)59(63)69-39-24-18-14-12-10-11-13-17-23-38-68-57(61)45(2)3/h29-36,42-44H,2,4,8-28,37-41H2,1,3,5-7H3. The molecule has 0 aliphatic rings. The van der Waals surface area contributed by atoms with Gasteiger partial charge >= 0.3 is 23.9 Å². The number of carbonyl (C=O) groups excluding carboxylic acids is 4. The number of aryl methyl sites for hydroxylation is 2. The highest BCUT2D eigenvalue weighted by atomic mass is 17.2. The van der Waals surface area contributed by atoms with Gasteiger partial charge in [0, 0.05) is 11.6 Å². The number of esters is 3. The molecule has 0 heterocycles. The summed E-state index contributed by atoms with van der Waals surface area (Å²) in [6.45, 7) is 13.3. The van der Waals surface area contributed by atoms with Crippen LogP contribution in [0.25, 0.3) is 11.6 Å². The molecule has 0 aliphatic heterocycles. The smallest absolute Gasteiger partial charge is 0.365 e. The Labute approximate surface area is 434 Å². The number of ether oxygens (including phenoxy) is 6. The van der Waals surface area contributed by atoms with Gasteiger partial charge in [0.2, 0.25) is 5.75 Å². The van der Waals surface area contributed by atoms with Gasteiger partial charge in [0.1, 0.15) is 0 Å². The number of methoxy groups -OCH3 is 3. The van der Waals surface area contributed by atoms with E-state index >= 15 is 0 Å². The van der Waals surface area contributed by atoms with Crippen LogP contribution in [0.4, 0.5) is 0 Å². The highest BCUT2D eigenvalue weighted by molar-refractivity contribution is 6.15. The molecule has 0 atom stereocenters. The van der Waals surface area contributed by atoms with E-state index in [9.17, 15) is 19.2 Å². The third-order valence-electron chi connectivity index (χ3n) is 12.0. The minimum absolute atomic E-state index is 0.212. The molecule has 0 aromatic heterocycles. The lowest BCUT2D eigenvalue weighted by Gasteiger charge is -2.13. The Hall–Kier alpha value is -6.12. The third-order valence-corrected chi connectivity index (χ3v) is 12.0. The van der Waals surface area contributed by atoms with Crippen LogP contribution < -0.4 is 19.1 Å². The van der Waals surface area contributed by atoms with Crippen LogP contribution >= 0.6 is 0 Å². The van der Waals surface area contributed by atoms with Gasteiger partial charge in [0.05, 0.1) is 65.5 Å². The normalized spacial score (nSPS) is 11.0. The van der Waals surface area contributed by atoms with Crippen LogP contribution in [0.15, 0.2) is 79.4 Å². The number of rotatable bonds is 41. The zero-order valence-electron chi connectivity index (χ0n) is 44.4. The average molecular weight is 1020 g/mol. The van der Waals surface area contributed by atoms with E-state index in [4.69, 9.17) is 48.0 Å². The molecule has 0 amide bonds. The second-order valence-corrected chi connectivity index (χ2v) is 18.0. The van der Waals surface area contributed by atoms with Crippen molar-refractivity contribution in [3.63, 3.8) is 0 Å². The minimum atomic E-state index is -0.602. The quantitative estimate of drug-likeness (QED) is 0.0132. The van der Waals surface area contributed by atoms with Gasteiger partial charge in [-0.3, -0.25) is 4.89 Å². The van der Waals surface area contributed by atoms with Gasteiger partial charge in [-0.25, -0.2) is 19.2 Å². The summed E-state index contributed by atoms with van der Waals surface area (Å²) in [5, 5.41) is 0. The molecule has 3 aromatic carbocycles. The number of benzene rings is 3. The van der Waals surface area contributed by atoms with Gasteiger partial charge in [0.25, 0.3) is 0 Å². The van der Waals surface area contributed by atoms with E-state index in [1.807, 2.05) is 18.2 Å². The summed E-state index contributed by atoms with van der Waals surface area (Å²) in [5.41, 5.74) is 4.68. The number of carbonyl (C=O) groups is 4. The van der Waals surface area contributed by atoms with Crippen LogP contribution in [0.2, 0.25) is 0 Å². The summed E-state index contributed by atoms with van der Waals surface area (Å²) in [4.78, 5) is 70.3. The molecule has 14 heteroatoms. The van der Waals surface area contributed by atoms with Gasteiger partial charge in [-0.2, -0.15) is 9.78 Å². The Bertz CT molecular complexity index is 2160. The van der Waals surface area contributed by atoms with Crippen molar-refractivity contribution in [3.8, 4) is 23.0 Å². The van der Waals surface area contributed by atoms with Crippen LogP contribution in [0.5, 0.6) is 23.0 Å². The summed E-state index contributed by atoms with van der Waals surface area (Å²) in [6, 6.07) is 16.7. The highest BCUT2D eigenvalue weighted by Crippen LogP contribution is 2.31. The van der Waals surface area contributed by atoms with Crippen LogP contribution in [-0.2, 0) is 56.1 Å². The zero-order chi connectivity index (χ0) is 52.9. The molecule has 73 heavy (non-hydrogen) atoms. The van der Waals surface area contributed by atoms with Crippen LogP contribution in [0.1, 0.15) is 168 Å². The first-order valence-electron chi connectivity index (χ1n) is 26.2. The summed E-state index contributed by atoms with van der Waals surface area (Å²) in [5.74, 6) is 0.325. The zero-order valence-corrected chi connectivity index (χ0v) is 44.4. The molecule has 0 radical (unpaired) electrons. The van der Waals surface area contributed by atoms with Crippen molar-refractivity contribution in [1.82, 2.24) is 0 Å². The van der Waals surface area contributed by atoms with E-state index in [2.05, 4.69) is 32.2 Å². The second kappa shape index (κ2) is 37.6. The van der Waals surface area contributed by atoms with Gasteiger partial charge in [0.15, 0.2) is 17.2 Å². The fourth-order valence-corrected chi connectivity index (χ4v) is 7.63. The molecule has 14 nitrogen and oxygen atoms in total. The van der Waals surface area contributed by atoms with Crippen LogP contribution in [-0.4, -0.2) is 78.2 Å². The number of unbranched alkanes of at least 4 members (excludes halogenated alkanes) is 15. The lowest BCUT2D eigenvalue weighted by molar-refractivity contribution is -0.267. The van der Waals surface area contributed by atoms with Crippen molar-refractivity contribution < 1.29 is 67.1 Å². The first-order chi connectivity index (χ1) is 35.5. The summed E-state index contributed by atoms with van der Waals surface area (Å²) in [6.07, 6.45) is 23.0. The molecular weight excluding hydrogens is 933 g/mol. The van der Waals surface area contributed by atoms with E-state index in [1.165, 1.54) is 20.3 Å². The molecule has 0 fully saturated rings. The third kappa shape index (κ3) is 25.4. The monoisotopic (exact) mass is 1010 g/mol. The van der Waals surface area contributed by atoms with Gasteiger partial charge < -0.3 is 33.3 Å². The molecule has 3 aromatic rings. The Morgan fingerprint density at radius 2 is 1.14 bits per heavy atom. The first-order valence-corrected chi connectivity index (χ1v) is 26.2. The fraction of sp³-hybridized carbons (Fsp3) is 0.525. The first kappa shape index (κ1) is 61.2. The van der Waals surface area contributed by atoms with Crippen molar-refractivity contribution in [1.29, 1.82) is 0 Å². The van der Waals surface area contributed by atoms with Gasteiger partial charge in [-0.15, -0.1) is 0 Å². The maximum atomic E-state index is 13.6. The van der Waals surface area contributed by atoms with Crippen LogP contribution in [0, 0.1) is 0 Å².